The van der Waals surface area contributed by atoms with Crippen LogP contribution in [0.3, 0.4) is 0 Å². The molecule has 0 bridgehead atoms. The van der Waals surface area contributed by atoms with Gasteiger partial charge in [-0.15, -0.1) is 11.3 Å². The number of anilines is 1. The SMILES string of the molecule is COc1cncc(-c2nc(N3CCOCC3)c3cc(CN4CCN(S(C)(=O)=O)CC4)sc3n2)c1. The smallest absolute Gasteiger partial charge is 0.211 e. The molecule has 182 valence electrons. The van der Waals surface area contributed by atoms with Gasteiger partial charge in [-0.05, 0) is 12.1 Å². The average Bonchev–Trinajstić information content (AvgIpc) is 3.26. The van der Waals surface area contributed by atoms with Crippen LogP contribution in [0.2, 0.25) is 0 Å². The number of methoxy groups -OCH3 is 1. The fraction of sp³-hybridized carbons (Fsp3) is 0.500. The largest absolute Gasteiger partial charge is 0.495 e. The summed E-state index contributed by atoms with van der Waals surface area (Å²) >= 11 is 1.66. The van der Waals surface area contributed by atoms with Crippen LogP contribution in [0.4, 0.5) is 5.82 Å². The Hall–Kier alpha value is -2.38. The third kappa shape index (κ3) is 5.01. The van der Waals surface area contributed by atoms with Gasteiger partial charge in [0.15, 0.2) is 5.82 Å². The second kappa shape index (κ2) is 9.70. The summed E-state index contributed by atoms with van der Waals surface area (Å²) in [7, 11) is -1.52. The van der Waals surface area contributed by atoms with Gasteiger partial charge in [0, 0.05) is 62.5 Å². The quantitative estimate of drug-likeness (QED) is 0.496. The number of fused-ring (bicyclic) bond motifs is 1. The number of sulfonamides is 1. The fourth-order valence-electron chi connectivity index (χ4n) is 4.27. The summed E-state index contributed by atoms with van der Waals surface area (Å²) in [5.74, 6) is 2.19. The Balaban J connectivity index is 1.46. The number of piperazine rings is 1. The average molecular weight is 505 g/mol. The maximum atomic E-state index is 11.8. The number of rotatable bonds is 6. The lowest BCUT2D eigenvalue weighted by Crippen LogP contribution is -2.47. The number of hydrogen-bond acceptors (Lipinski definition) is 10. The number of nitrogens with zero attached hydrogens (tertiary/aromatic N) is 6. The van der Waals surface area contributed by atoms with Crippen LogP contribution in [-0.4, -0.2) is 98.4 Å². The van der Waals surface area contributed by atoms with Crippen LogP contribution in [0, 0.1) is 0 Å². The van der Waals surface area contributed by atoms with Gasteiger partial charge in [0.2, 0.25) is 10.0 Å². The van der Waals surface area contributed by atoms with Crippen molar-refractivity contribution >= 4 is 37.4 Å². The van der Waals surface area contributed by atoms with Crippen LogP contribution < -0.4 is 9.64 Å². The Morgan fingerprint density at radius 1 is 1.06 bits per heavy atom. The number of hydrogen-bond donors (Lipinski definition) is 0. The van der Waals surface area contributed by atoms with Crippen molar-refractivity contribution in [3.63, 3.8) is 0 Å². The van der Waals surface area contributed by atoms with Crippen molar-refractivity contribution in [1.82, 2.24) is 24.2 Å². The molecule has 34 heavy (non-hydrogen) atoms. The summed E-state index contributed by atoms with van der Waals surface area (Å²) in [6.45, 7) is 6.13. The van der Waals surface area contributed by atoms with E-state index in [1.807, 2.05) is 6.07 Å². The first-order valence-corrected chi connectivity index (χ1v) is 13.9. The minimum atomic E-state index is -3.14. The normalized spacial score (nSPS) is 18.5. The maximum absolute atomic E-state index is 11.8. The van der Waals surface area contributed by atoms with Gasteiger partial charge in [-0.3, -0.25) is 9.88 Å². The molecule has 0 aromatic carbocycles. The Morgan fingerprint density at radius 3 is 2.53 bits per heavy atom. The number of morpholine rings is 1. The minimum absolute atomic E-state index is 0.523. The predicted molar refractivity (Wildman–Crippen MR) is 132 cm³/mol. The second-order valence-corrected chi connectivity index (χ2v) is 11.6. The lowest BCUT2D eigenvalue weighted by atomic mass is 10.2. The zero-order chi connectivity index (χ0) is 23.7. The summed E-state index contributed by atoms with van der Waals surface area (Å²) in [5, 5.41) is 1.04. The van der Waals surface area contributed by atoms with Gasteiger partial charge >= 0.3 is 0 Å². The van der Waals surface area contributed by atoms with Crippen LogP contribution in [0.5, 0.6) is 5.75 Å². The van der Waals surface area contributed by atoms with Crippen molar-refractivity contribution in [2.45, 2.75) is 6.54 Å². The summed E-state index contributed by atoms with van der Waals surface area (Å²) < 4.78 is 36.1. The van der Waals surface area contributed by atoms with Crippen LogP contribution >= 0.6 is 11.3 Å². The zero-order valence-electron chi connectivity index (χ0n) is 19.3. The van der Waals surface area contributed by atoms with Gasteiger partial charge in [-0.25, -0.2) is 18.4 Å². The molecule has 2 aliphatic rings. The van der Waals surface area contributed by atoms with Crippen LogP contribution in [0.15, 0.2) is 24.5 Å². The summed E-state index contributed by atoms with van der Waals surface area (Å²) in [5.41, 5.74) is 0.808. The molecule has 5 rings (SSSR count). The number of aromatic nitrogens is 3. The summed E-state index contributed by atoms with van der Waals surface area (Å²) in [6.07, 6.45) is 4.69. The first-order chi connectivity index (χ1) is 16.4. The van der Waals surface area contributed by atoms with Gasteiger partial charge in [-0.2, -0.15) is 4.31 Å². The molecule has 0 N–H and O–H groups in total. The molecular formula is C22H28N6O4S2. The molecule has 3 aromatic rings. The van der Waals surface area contributed by atoms with Gasteiger partial charge in [-0.1, -0.05) is 0 Å². The molecule has 0 radical (unpaired) electrons. The van der Waals surface area contributed by atoms with E-state index in [2.05, 4.69) is 20.9 Å². The molecule has 2 saturated heterocycles. The molecular weight excluding hydrogens is 476 g/mol. The lowest BCUT2D eigenvalue weighted by Gasteiger charge is -2.32. The third-order valence-electron chi connectivity index (χ3n) is 6.12. The molecule has 0 saturated carbocycles. The maximum Gasteiger partial charge on any atom is 0.211 e. The highest BCUT2D eigenvalue weighted by Crippen LogP contribution is 2.34. The van der Waals surface area contributed by atoms with Crippen molar-refractivity contribution in [2.75, 3.05) is 70.7 Å². The first kappa shape index (κ1) is 23.4. The van der Waals surface area contributed by atoms with Crippen molar-refractivity contribution < 1.29 is 17.9 Å². The topological polar surface area (TPSA) is 101 Å². The van der Waals surface area contributed by atoms with Gasteiger partial charge < -0.3 is 14.4 Å². The molecule has 2 fully saturated rings. The molecule has 0 spiro atoms. The monoisotopic (exact) mass is 504 g/mol. The highest BCUT2D eigenvalue weighted by Gasteiger charge is 2.25. The second-order valence-electron chi connectivity index (χ2n) is 8.45. The Morgan fingerprint density at radius 2 is 1.82 bits per heavy atom. The third-order valence-corrected chi connectivity index (χ3v) is 8.44. The molecule has 2 aliphatic heterocycles. The van der Waals surface area contributed by atoms with E-state index in [1.165, 1.54) is 11.1 Å². The Bertz CT molecular complexity index is 1270. The zero-order valence-corrected chi connectivity index (χ0v) is 20.9. The molecule has 0 amide bonds. The molecule has 0 aliphatic carbocycles. The summed E-state index contributed by atoms with van der Waals surface area (Å²) in [6, 6.07) is 4.08. The highest BCUT2D eigenvalue weighted by atomic mass is 32.2. The van der Waals surface area contributed by atoms with Crippen LogP contribution in [0.25, 0.3) is 21.6 Å². The molecule has 0 atom stereocenters. The van der Waals surface area contributed by atoms with E-state index >= 15 is 0 Å². The van der Waals surface area contributed by atoms with E-state index in [9.17, 15) is 8.42 Å². The van der Waals surface area contributed by atoms with Crippen molar-refractivity contribution in [2.24, 2.45) is 0 Å². The van der Waals surface area contributed by atoms with Gasteiger partial charge in [0.25, 0.3) is 0 Å². The van der Waals surface area contributed by atoms with E-state index in [0.29, 0.717) is 51.0 Å². The highest BCUT2D eigenvalue weighted by molar-refractivity contribution is 7.88. The van der Waals surface area contributed by atoms with E-state index in [0.717, 1.165) is 41.2 Å². The van der Waals surface area contributed by atoms with Gasteiger partial charge in [0.05, 0.1) is 38.2 Å². The molecule has 5 heterocycles. The number of pyridine rings is 1. The number of ether oxygens (including phenoxy) is 2. The Kier molecular flexibility index (Phi) is 6.67. The van der Waals surface area contributed by atoms with Crippen molar-refractivity contribution in [3.8, 4) is 17.1 Å². The fourth-order valence-corrected chi connectivity index (χ4v) is 6.16. The first-order valence-electron chi connectivity index (χ1n) is 11.2. The van der Waals surface area contributed by atoms with E-state index < -0.39 is 10.0 Å². The Labute approximate surface area is 203 Å². The van der Waals surface area contributed by atoms with Crippen LogP contribution in [-0.2, 0) is 21.3 Å². The molecule has 0 unspecified atom stereocenters. The van der Waals surface area contributed by atoms with Crippen molar-refractivity contribution in [1.29, 1.82) is 0 Å². The summed E-state index contributed by atoms with van der Waals surface area (Å²) in [4.78, 5) is 20.8. The van der Waals surface area contributed by atoms with Gasteiger partial charge in [0.1, 0.15) is 16.4 Å². The standard InChI is InChI=1S/C22H28N6O4S2/c1-31-17-11-16(13-23-14-17)20-24-21(27-7-9-32-10-8-27)19-12-18(33-22(19)25-20)15-26-3-5-28(6-4-26)34(2,29)30/h11-14H,3-10,15H2,1-2H3. The molecule has 10 nitrogen and oxygen atoms in total. The van der Waals surface area contributed by atoms with E-state index in [-0.39, 0.29) is 0 Å². The van der Waals surface area contributed by atoms with Crippen LogP contribution in [0.1, 0.15) is 4.88 Å². The van der Waals surface area contributed by atoms with Crippen molar-refractivity contribution in [3.05, 3.63) is 29.4 Å². The minimum Gasteiger partial charge on any atom is -0.495 e. The van der Waals surface area contributed by atoms with E-state index in [1.54, 1.807) is 35.1 Å². The predicted octanol–water partition coefficient (Wildman–Crippen LogP) is 1.68. The lowest BCUT2D eigenvalue weighted by molar-refractivity contribution is 0.122. The molecule has 12 heteroatoms. The van der Waals surface area contributed by atoms with E-state index in [4.69, 9.17) is 19.4 Å². The number of thiophene rings is 1. The molecule has 3 aromatic heterocycles.